The normalized spacial score (nSPS) is 18.1. The Labute approximate surface area is 167 Å². The Hall–Kier alpha value is -2.43. The summed E-state index contributed by atoms with van der Waals surface area (Å²) in [6.07, 6.45) is 5.58. The number of morpholine rings is 1. The van der Waals surface area contributed by atoms with Crippen molar-refractivity contribution < 1.29 is 4.74 Å². The second-order valence-corrected chi connectivity index (χ2v) is 7.42. The van der Waals surface area contributed by atoms with Crippen LogP contribution in [0.25, 0.3) is 22.5 Å². The monoisotopic (exact) mass is 375 g/mol. The summed E-state index contributed by atoms with van der Waals surface area (Å²) in [5.41, 5.74) is 4.64. The molecule has 1 aliphatic heterocycles. The highest BCUT2D eigenvalue weighted by Crippen LogP contribution is 2.35. The summed E-state index contributed by atoms with van der Waals surface area (Å²) >= 11 is 0. The van der Waals surface area contributed by atoms with Gasteiger partial charge in [-0.15, -0.1) is 0 Å². The van der Waals surface area contributed by atoms with Crippen LogP contribution in [-0.4, -0.2) is 35.4 Å². The molecule has 0 aliphatic carbocycles. The quantitative estimate of drug-likeness (QED) is 0.636. The Kier molecular flexibility index (Phi) is 6.20. The van der Waals surface area contributed by atoms with Gasteiger partial charge in [-0.25, -0.2) is 4.98 Å². The van der Waals surface area contributed by atoms with Crippen LogP contribution >= 0.6 is 0 Å². The van der Waals surface area contributed by atoms with Crippen molar-refractivity contribution in [3.05, 3.63) is 67.0 Å². The van der Waals surface area contributed by atoms with Gasteiger partial charge in [-0.2, -0.15) is 0 Å². The topological polar surface area (TPSA) is 39.1 Å². The zero-order valence-corrected chi connectivity index (χ0v) is 16.6. The van der Waals surface area contributed by atoms with E-state index in [0.717, 1.165) is 50.2 Å². The predicted octanol–water partition coefficient (Wildman–Crippen LogP) is 4.94. The molecule has 4 rings (SSSR count). The van der Waals surface area contributed by atoms with Gasteiger partial charge < -0.3 is 14.6 Å². The molecule has 1 aliphatic rings. The van der Waals surface area contributed by atoms with Crippen molar-refractivity contribution in [3.8, 4) is 22.5 Å². The van der Waals surface area contributed by atoms with Crippen LogP contribution in [-0.2, 0) is 4.74 Å². The zero-order valence-electron chi connectivity index (χ0n) is 16.6. The highest BCUT2D eigenvalue weighted by Gasteiger charge is 2.21. The second kappa shape index (κ2) is 9.18. The van der Waals surface area contributed by atoms with Gasteiger partial charge in [-0.3, -0.25) is 0 Å². The second-order valence-electron chi connectivity index (χ2n) is 7.42. The molecule has 0 radical (unpaired) electrons. The van der Waals surface area contributed by atoms with E-state index in [-0.39, 0.29) is 0 Å². The van der Waals surface area contributed by atoms with Crippen molar-refractivity contribution in [2.24, 2.45) is 0 Å². The van der Waals surface area contributed by atoms with Crippen LogP contribution < -0.4 is 5.32 Å². The fourth-order valence-electron chi connectivity index (χ4n) is 4.05. The van der Waals surface area contributed by atoms with Crippen LogP contribution in [0.4, 0.5) is 0 Å². The maximum atomic E-state index is 5.91. The number of hydrogen-bond donors (Lipinski definition) is 1. The number of rotatable bonds is 7. The first-order valence-corrected chi connectivity index (χ1v) is 10.4. The third kappa shape index (κ3) is 4.18. The van der Waals surface area contributed by atoms with Crippen LogP contribution in [0.3, 0.4) is 0 Å². The lowest BCUT2D eigenvalue weighted by atomic mass is 10.0. The molecule has 2 atom stereocenters. The summed E-state index contributed by atoms with van der Waals surface area (Å²) in [7, 11) is 0. The van der Waals surface area contributed by atoms with E-state index in [9.17, 15) is 0 Å². The van der Waals surface area contributed by atoms with Crippen LogP contribution in [0.15, 0.2) is 67.0 Å². The molecule has 2 aromatic carbocycles. The van der Waals surface area contributed by atoms with Gasteiger partial charge in [0.1, 0.15) is 0 Å². The van der Waals surface area contributed by atoms with E-state index < -0.39 is 0 Å². The van der Waals surface area contributed by atoms with Gasteiger partial charge in [-0.1, -0.05) is 67.6 Å². The molecule has 3 aromatic rings. The minimum atomic E-state index is 0.320. The SMILES string of the molecule is CCC(CCC1CNCCO1)n1cnc(-c2ccccc2)c1-c1ccccc1. The van der Waals surface area contributed by atoms with Gasteiger partial charge in [0, 0.05) is 30.3 Å². The van der Waals surface area contributed by atoms with Crippen LogP contribution in [0.2, 0.25) is 0 Å². The standard InChI is InChI=1S/C24H29N3O/c1-2-21(13-14-22-17-25-15-16-28-22)27-18-26-23(19-9-5-3-6-10-19)24(27)20-11-7-4-8-12-20/h3-12,18,21-22,25H,2,13-17H2,1H3. The van der Waals surface area contributed by atoms with Crippen molar-refractivity contribution in [2.45, 2.75) is 38.3 Å². The summed E-state index contributed by atoms with van der Waals surface area (Å²) in [5.74, 6) is 0. The molecule has 1 saturated heterocycles. The highest BCUT2D eigenvalue weighted by molar-refractivity contribution is 5.78. The lowest BCUT2D eigenvalue weighted by Crippen LogP contribution is -2.38. The third-order valence-electron chi connectivity index (χ3n) is 5.58. The summed E-state index contributed by atoms with van der Waals surface area (Å²) in [4.78, 5) is 4.85. The zero-order chi connectivity index (χ0) is 19.2. The molecule has 0 saturated carbocycles. The molecule has 146 valence electrons. The van der Waals surface area contributed by atoms with Crippen LogP contribution in [0.1, 0.15) is 32.2 Å². The molecule has 1 fully saturated rings. The molecular weight excluding hydrogens is 346 g/mol. The largest absolute Gasteiger partial charge is 0.376 e. The highest BCUT2D eigenvalue weighted by atomic mass is 16.5. The van der Waals surface area contributed by atoms with E-state index in [2.05, 4.69) is 77.5 Å². The molecule has 2 unspecified atom stereocenters. The van der Waals surface area contributed by atoms with Gasteiger partial charge in [0.05, 0.1) is 30.4 Å². The van der Waals surface area contributed by atoms with Crippen molar-refractivity contribution in [1.29, 1.82) is 0 Å². The molecule has 0 spiro atoms. The van der Waals surface area contributed by atoms with Gasteiger partial charge in [0.25, 0.3) is 0 Å². The molecule has 28 heavy (non-hydrogen) atoms. The van der Waals surface area contributed by atoms with Crippen LogP contribution in [0, 0.1) is 0 Å². The first-order chi connectivity index (χ1) is 13.9. The minimum Gasteiger partial charge on any atom is -0.376 e. The van der Waals surface area contributed by atoms with Crippen molar-refractivity contribution in [2.75, 3.05) is 19.7 Å². The third-order valence-corrected chi connectivity index (χ3v) is 5.58. The van der Waals surface area contributed by atoms with E-state index >= 15 is 0 Å². The Morgan fingerprint density at radius 2 is 1.79 bits per heavy atom. The van der Waals surface area contributed by atoms with E-state index in [0.29, 0.717) is 12.1 Å². The van der Waals surface area contributed by atoms with Crippen molar-refractivity contribution in [3.63, 3.8) is 0 Å². The molecule has 1 N–H and O–H groups in total. The number of benzene rings is 2. The molecule has 1 aromatic heterocycles. The summed E-state index contributed by atoms with van der Waals surface area (Å²) in [6.45, 7) is 5.01. The van der Waals surface area contributed by atoms with E-state index in [1.807, 2.05) is 6.33 Å². The molecular formula is C24H29N3O. The minimum absolute atomic E-state index is 0.320. The number of hydrogen-bond acceptors (Lipinski definition) is 3. The van der Waals surface area contributed by atoms with Gasteiger partial charge >= 0.3 is 0 Å². The Bertz CT molecular complexity index is 854. The molecule has 2 heterocycles. The average molecular weight is 376 g/mol. The maximum Gasteiger partial charge on any atom is 0.0963 e. The average Bonchev–Trinajstić information content (AvgIpc) is 3.21. The van der Waals surface area contributed by atoms with Crippen LogP contribution in [0.5, 0.6) is 0 Å². The van der Waals surface area contributed by atoms with Gasteiger partial charge in [0.15, 0.2) is 0 Å². The molecule has 0 bridgehead atoms. The number of ether oxygens (including phenoxy) is 1. The number of aromatic nitrogens is 2. The first kappa shape index (κ1) is 18.9. The summed E-state index contributed by atoms with van der Waals surface area (Å²) in [6, 6.07) is 21.5. The fourth-order valence-corrected chi connectivity index (χ4v) is 4.05. The van der Waals surface area contributed by atoms with E-state index in [4.69, 9.17) is 9.72 Å². The Morgan fingerprint density at radius 3 is 2.43 bits per heavy atom. The molecule has 4 heteroatoms. The molecule has 0 amide bonds. The Morgan fingerprint density at radius 1 is 1.07 bits per heavy atom. The number of nitrogens with zero attached hydrogens (tertiary/aromatic N) is 2. The van der Waals surface area contributed by atoms with Gasteiger partial charge in [-0.05, 0) is 19.3 Å². The summed E-state index contributed by atoms with van der Waals surface area (Å²) in [5, 5.41) is 3.44. The van der Waals surface area contributed by atoms with Gasteiger partial charge in [0.2, 0.25) is 0 Å². The van der Waals surface area contributed by atoms with E-state index in [1.54, 1.807) is 0 Å². The first-order valence-electron chi connectivity index (χ1n) is 10.4. The molecule has 4 nitrogen and oxygen atoms in total. The van der Waals surface area contributed by atoms with Crippen molar-refractivity contribution in [1.82, 2.24) is 14.9 Å². The van der Waals surface area contributed by atoms with Crippen molar-refractivity contribution >= 4 is 0 Å². The smallest absolute Gasteiger partial charge is 0.0963 e. The van der Waals surface area contributed by atoms with E-state index in [1.165, 1.54) is 11.3 Å². The number of nitrogens with one attached hydrogen (secondary N) is 1. The lowest BCUT2D eigenvalue weighted by molar-refractivity contribution is 0.0200. The predicted molar refractivity (Wildman–Crippen MR) is 114 cm³/mol. The number of imidazole rings is 1. The lowest BCUT2D eigenvalue weighted by Gasteiger charge is -2.26. The Balaban J connectivity index is 1.66. The fraction of sp³-hybridized carbons (Fsp3) is 0.375. The summed E-state index contributed by atoms with van der Waals surface area (Å²) < 4.78 is 8.29. The maximum absolute atomic E-state index is 5.91.